The molecule has 0 fully saturated rings. The standard InChI is InChI=1S/C6H5ClFNO3S/c1-12-6-5(8)4(2-3-9-6)13(7,10)11/h2-3H,1H3. The Balaban J connectivity index is 3.41. The molecule has 0 N–H and O–H groups in total. The normalized spacial score (nSPS) is 11.3. The van der Waals surface area contributed by atoms with Gasteiger partial charge in [-0.3, -0.25) is 0 Å². The van der Waals surface area contributed by atoms with Crippen molar-refractivity contribution in [2.75, 3.05) is 7.11 Å². The monoisotopic (exact) mass is 225 g/mol. The van der Waals surface area contributed by atoms with Crippen LogP contribution in [0, 0.1) is 5.82 Å². The maximum Gasteiger partial charge on any atom is 0.264 e. The van der Waals surface area contributed by atoms with Crippen molar-refractivity contribution in [3.63, 3.8) is 0 Å². The highest BCUT2D eigenvalue weighted by Gasteiger charge is 2.19. The molecule has 0 unspecified atom stereocenters. The summed E-state index contributed by atoms with van der Waals surface area (Å²) < 4.78 is 39.1. The Hall–Kier alpha value is -0.880. The first-order chi connectivity index (χ1) is 5.96. The molecular weight excluding hydrogens is 221 g/mol. The number of pyridine rings is 1. The second kappa shape index (κ2) is 3.47. The fourth-order valence-electron chi connectivity index (χ4n) is 0.739. The Morgan fingerprint density at radius 3 is 2.69 bits per heavy atom. The molecule has 1 aromatic heterocycles. The van der Waals surface area contributed by atoms with Gasteiger partial charge in [0.15, 0.2) is 0 Å². The number of rotatable bonds is 2. The van der Waals surface area contributed by atoms with Crippen LogP contribution in [0.5, 0.6) is 5.88 Å². The third kappa shape index (κ3) is 2.07. The lowest BCUT2D eigenvalue weighted by Crippen LogP contribution is -1.99. The minimum Gasteiger partial charge on any atom is -0.479 e. The van der Waals surface area contributed by atoms with E-state index in [1.54, 1.807) is 0 Å². The SMILES string of the molecule is COc1nccc(S(=O)(=O)Cl)c1F. The molecular formula is C6H5ClFNO3S. The molecule has 1 heterocycles. The molecule has 0 aliphatic heterocycles. The van der Waals surface area contributed by atoms with Gasteiger partial charge in [-0.2, -0.15) is 4.39 Å². The second-order valence-electron chi connectivity index (χ2n) is 2.07. The summed E-state index contributed by atoms with van der Waals surface area (Å²) >= 11 is 0. The molecule has 4 nitrogen and oxygen atoms in total. The molecule has 0 amide bonds. The fraction of sp³-hybridized carbons (Fsp3) is 0.167. The van der Waals surface area contributed by atoms with Gasteiger partial charge in [0.1, 0.15) is 4.90 Å². The predicted octanol–water partition coefficient (Wildman–Crippen LogP) is 1.16. The van der Waals surface area contributed by atoms with Gasteiger partial charge in [-0.1, -0.05) is 0 Å². The molecule has 0 aliphatic carbocycles. The summed E-state index contributed by atoms with van der Waals surface area (Å²) in [5.41, 5.74) is 0. The molecule has 0 aliphatic rings. The van der Waals surface area contributed by atoms with Crippen molar-refractivity contribution in [3.05, 3.63) is 18.1 Å². The number of ether oxygens (including phenoxy) is 1. The fourth-order valence-corrected chi connectivity index (χ4v) is 1.62. The summed E-state index contributed by atoms with van der Waals surface area (Å²) in [5.74, 6) is -1.48. The van der Waals surface area contributed by atoms with Crippen LogP contribution in [0.3, 0.4) is 0 Å². The smallest absolute Gasteiger partial charge is 0.264 e. The molecule has 0 aromatic carbocycles. The highest BCUT2D eigenvalue weighted by molar-refractivity contribution is 8.13. The summed E-state index contributed by atoms with van der Waals surface area (Å²) in [7, 11) is 2.03. The maximum atomic E-state index is 13.1. The summed E-state index contributed by atoms with van der Waals surface area (Å²) in [5, 5.41) is 0. The zero-order chi connectivity index (χ0) is 10.1. The Kier molecular flexibility index (Phi) is 2.72. The lowest BCUT2D eigenvalue weighted by atomic mass is 10.4. The molecule has 0 bridgehead atoms. The van der Waals surface area contributed by atoms with E-state index < -0.39 is 25.6 Å². The van der Waals surface area contributed by atoms with Crippen molar-refractivity contribution in [1.82, 2.24) is 4.98 Å². The number of aromatic nitrogens is 1. The van der Waals surface area contributed by atoms with Crippen LogP contribution >= 0.6 is 10.7 Å². The van der Waals surface area contributed by atoms with Gasteiger partial charge in [0.2, 0.25) is 5.82 Å². The molecule has 0 radical (unpaired) electrons. The van der Waals surface area contributed by atoms with Gasteiger partial charge in [0.05, 0.1) is 7.11 Å². The number of methoxy groups -OCH3 is 1. The van der Waals surface area contributed by atoms with E-state index in [9.17, 15) is 12.8 Å². The first-order valence-corrected chi connectivity index (χ1v) is 5.41. The zero-order valence-electron chi connectivity index (χ0n) is 6.49. The third-order valence-corrected chi connectivity index (χ3v) is 2.62. The molecule has 0 atom stereocenters. The average molecular weight is 226 g/mol. The largest absolute Gasteiger partial charge is 0.479 e. The van der Waals surface area contributed by atoms with Crippen LogP contribution in [-0.4, -0.2) is 20.5 Å². The lowest BCUT2D eigenvalue weighted by Gasteiger charge is -2.02. The van der Waals surface area contributed by atoms with Crippen LogP contribution in [0.25, 0.3) is 0 Å². The second-order valence-corrected chi connectivity index (χ2v) is 4.60. The van der Waals surface area contributed by atoms with E-state index in [2.05, 4.69) is 9.72 Å². The predicted molar refractivity (Wildman–Crippen MR) is 43.8 cm³/mol. The van der Waals surface area contributed by atoms with E-state index >= 15 is 0 Å². The van der Waals surface area contributed by atoms with E-state index in [-0.39, 0.29) is 0 Å². The van der Waals surface area contributed by atoms with Crippen molar-refractivity contribution in [1.29, 1.82) is 0 Å². The van der Waals surface area contributed by atoms with Gasteiger partial charge in [0, 0.05) is 16.9 Å². The van der Waals surface area contributed by atoms with Gasteiger partial charge < -0.3 is 4.74 Å². The number of halogens is 2. The van der Waals surface area contributed by atoms with Gasteiger partial charge in [0.25, 0.3) is 14.9 Å². The highest BCUT2D eigenvalue weighted by atomic mass is 35.7. The summed E-state index contributed by atoms with van der Waals surface area (Å²) in [4.78, 5) is 2.81. The molecule has 7 heteroatoms. The first-order valence-electron chi connectivity index (χ1n) is 3.10. The van der Waals surface area contributed by atoms with Gasteiger partial charge in [-0.05, 0) is 6.07 Å². The first kappa shape index (κ1) is 10.2. The third-order valence-electron chi connectivity index (χ3n) is 1.28. The van der Waals surface area contributed by atoms with E-state index in [1.807, 2.05) is 0 Å². The van der Waals surface area contributed by atoms with Crippen LogP contribution in [0.4, 0.5) is 4.39 Å². The molecule has 72 valence electrons. The molecule has 0 spiro atoms. The van der Waals surface area contributed by atoms with Crippen molar-refractivity contribution in [2.45, 2.75) is 4.90 Å². The Morgan fingerprint density at radius 2 is 2.23 bits per heavy atom. The number of hydrogen-bond acceptors (Lipinski definition) is 4. The summed E-state index contributed by atoms with van der Waals surface area (Å²) in [6, 6.07) is 0.959. The highest BCUT2D eigenvalue weighted by Crippen LogP contribution is 2.23. The molecule has 0 saturated carbocycles. The van der Waals surface area contributed by atoms with Crippen LogP contribution in [0.1, 0.15) is 0 Å². The van der Waals surface area contributed by atoms with Crippen molar-refractivity contribution >= 4 is 19.7 Å². The zero-order valence-corrected chi connectivity index (χ0v) is 8.06. The Bertz CT molecular complexity index is 420. The molecule has 1 aromatic rings. The minimum atomic E-state index is -4.09. The van der Waals surface area contributed by atoms with Crippen molar-refractivity contribution < 1.29 is 17.5 Å². The molecule has 1 rings (SSSR count). The van der Waals surface area contributed by atoms with Gasteiger partial charge >= 0.3 is 0 Å². The summed E-state index contributed by atoms with van der Waals surface area (Å²) in [6.07, 6.45) is 1.09. The topological polar surface area (TPSA) is 56.3 Å². The Labute approximate surface area is 78.7 Å². The van der Waals surface area contributed by atoms with Crippen LogP contribution in [-0.2, 0) is 9.05 Å². The average Bonchev–Trinajstić information content (AvgIpc) is 2.02. The lowest BCUT2D eigenvalue weighted by molar-refractivity contribution is 0.363. The molecule has 0 saturated heterocycles. The number of nitrogens with zero attached hydrogens (tertiary/aromatic N) is 1. The van der Waals surface area contributed by atoms with Crippen LogP contribution in [0.15, 0.2) is 17.2 Å². The molecule has 13 heavy (non-hydrogen) atoms. The van der Waals surface area contributed by atoms with E-state index in [0.717, 1.165) is 12.3 Å². The quantitative estimate of drug-likeness (QED) is 0.709. The van der Waals surface area contributed by atoms with Crippen molar-refractivity contribution in [3.8, 4) is 5.88 Å². The van der Waals surface area contributed by atoms with E-state index in [4.69, 9.17) is 10.7 Å². The van der Waals surface area contributed by atoms with Crippen LogP contribution < -0.4 is 4.74 Å². The number of hydrogen-bond donors (Lipinski definition) is 0. The van der Waals surface area contributed by atoms with Crippen LogP contribution in [0.2, 0.25) is 0 Å². The van der Waals surface area contributed by atoms with E-state index in [1.165, 1.54) is 7.11 Å². The van der Waals surface area contributed by atoms with E-state index in [0.29, 0.717) is 0 Å². The minimum absolute atomic E-state index is 0.401. The Morgan fingerprint density at radius 1 is 1.62 bits per heavy atom. The summed E-state index contributed by atoms with van der Waals surface area (Å²) in [6.45, 7) is 0. The maximum absolute atomic E-state index is 13.1. The van der Waals surface area contributed by atoms with Gasteiger partial charge in [-0.15, -0.1) is 0 Å². The van der Waals surface area contributed by atoms with Crippen molar-refractivity contribution in [2.24, 2.45) is 0 Å². The van der Waals surface area contributed by atoms with Gasteiger partial charge in [-0.25, -0.2) is 13.4 Å².